The van der Waals surface area contributed by atoms with Crippen molar-refractivity contribution < 1.29 is 28.3 Å². The molecule has 1 aliphatic heterocycles. The second kappa shape index (κ2) is 8.35. The van der Waals surface area contributed by atoms with Crippen LogP contribution in [0.4, 0.5) is 11.4 Å². The normalized spacial score (nSPS) is 15.9. The van der Waals surface area contributed by atoms with Crippen LogP contribution in [0.3, 0.4) is 0 Å². The summed E-state index contributed by atoms with van der Waals surface area (Å²) < 4.78 is 12.1. The van der Waals surface area contributed by atoms with E-state index in [1.54, 1.807) is 60.7 Å². The highest BCUT2D eigenvalue weighted by molar-refractivity contribution is 9.10. The van der Waals surface area contributed by atoms with E-state index in [1.807, 2.05) is 0 Å². The Morgan fingerprint density at radius 3 is 2.53 bits per heavy atom. The van der Waals surface area contributed by atoms with Crippen molar-refractivity contribution in [3.63, 3.8) is 0 Å². The fourth-order valence-corrected chi connectivity index (χ4v) is 4.37. The number of amides is 2. The first-order valence-corrected chi connectivity index (χ1v) is 11.0. The lowest BCUT2D eigenvalue weighted by molar-refractivity contribution is -0.117. The van der Waals surface area contributed by atoms with Crippen LogP contribution in [-0.4, -0.2) is 22.7 Å². The van der Waals surface area contributed by atoms with Crippen LogP contribution in [0.5, 0.6) is 0 Å². The number of fused-ring (bicyclic) bond motifs is 1. The monoisotopic (exact) mass is 520 g/mol. The van der Waals surface area contributed by atoms with Gasteiger partial charge in [0.15, 0.2) is 11.5 Å². The Morgan fingerprint density at radius 1 is 1.09 bits per heavy atom. The van der Waals surface area contributed by atoms with Crippen molar-refractivity contribution in [1.82, 2.24) is 0 Å². The number of aliphatic hydroxyl groups is 1. The molecule has 2 aromatic heterocycles. The molecule has 0 saturated carbocycles. The summed E-state index contributed by atoms with van der Waals surface area (Å²) in [6.07, 6.45) is 1.42. The molecule has 1 atom stereocenters. The molecule has 0 aliphatic carbocycles. The summed E-state index contributed by atoms with van der Waals surface area (Å²) >= 11 is 3.39. The molecule has 1 aliphatic rings. The fraction of sp³-hybridized carbons (Fsp3) is 0.0800. The highest BCUT2D eigenvalue weighted by Gasteiger charge is 2.46. The van der Waals surface area contributed by atoms with Gasteiger partial charge in [0, 0.05) is 28.2 Å². The second-order valence-corrected chi connectivity index (χ2v) is 8.62. The van der Waals surface area contributed by atoms with Gasteiger partial charge in [0.1, 0.15) is 17.4 Å². The minimum atomic E-state index is -1.01. The van der Waals surface area contributed by atoms with E-state index in [0.29, 0.717) is 28.1 Å². The van der Waals surface area contributed by atoms with E-state index in [9.17, 15) is 19.5 Å². The van der Waals surface area contributed by atoms with Crippen LogP contribution in [-0.2, 0) is 9.59 Å². The molecule has 0 bridgehead atoms. The van der Waals surface area contributed by atoms with E-state index in [-0.39, 0.29) is 17.2 Å². The Bertz CT molecular complexity index is 1470. The van der Waals surface area contributed by atoms with Gasteiger partial charge in [-0.1, -0.05) is 15.9 Å². The number of anilines is 2. The van der Waals surface area contributed by atoms with Gasteiger partial charge >= 0.3 is 0 Å². The maximum Gasteiger partial charge on any atom is 0.294 e. The maximum atomic E-state index is 13.5. The topological polar surface area (TPSA) is 113 Å². The number of nitrogens with one attached hydrogen (secondary N) is 1. The van der Waals surface area contributed by atoms with E-state index >= 15 is 0 Å². The van der Waals surface area contributed by atoms with Gasteiger partial charge in [0.2, 0.25) is 11.7 Å². The number of ketones is 1. The van der Waals surface area contributed by atoms with Gasteiger partial charge in [-0.25, -0.2) is 0 Å². The van der Waals surface area contributed by atoms with Crippen LogP contribution in [0.15, 0.2) is 91.6 Å². The van der Waals surface area contributed by atoms with E-state index in [2.05, 4.69) is 21.2 Å². The smallest absolute Gasteiger partial charge is 0.294 e. The Morgan fingerprint density at radius 2 is 1.85 bits per heavy atom. The van der Waals surface area contributed by atoms with Gasteiger partial charge in [0.05, 0.1) is 11.8 Å². The highest BCUT2D eigenvalue weighted by Crippen LogP contribution is 2.42. The van der Waals surface area contributed by atoms with Crippen molar-refractivity contribution in [1.29, 1.82) is 0 Å². The van der Waals surface area contributed by atoms with E-state index < -0.39 is 23.5 Å². The van der Waals surface area contributed by atoms with Gasteiger partial charge in [-0.3, -0.25) is 19.3 Å². The molecule has 2 N–H and O–H groups in total. The Labute approximate surface area is 201 Å². The number of aliphatic hydroxyl groups excluding tert-OH is 1. The van der Waals surface area contributed by atoms with Crippen molar-refractivity contribution in [3.8, 4) is 0 Å². The van der Waals surface area contributed by atoms with Crippen molar-refractivity contribution in [2.45, 2.75) is 13.0 Å². The van der Waals surface area contributed by atoms with Gasteiger partial charge in [-0.05, 0) is 60.7 Å². The van der Waals surface area contributed by atoms with Crippen LogP contribution in [0.25, 0.3) is 11.0 Å². The SMILES string of the molecule is CC(=O)Nc1ccc(N2C(=O)C(O)=C(C(=O)c3cc4cc(Br)ccc4o3)C2c2ccco2)cc1. The number of Topliss-reactive ketones (excluding diaryl/α,β-unsaturated/α-hetero) is 1. The van der Waals surface area contributed by atoms with Gasteiger partial charge in [-0.2, -0.15) is 0 Å². The van der Waals surface area contributed by atoms with Gasteiger partial charge in [-0.15, -0.1) is 0 Å². The minimum Gasteiger partial charge on any atom is -0.503 e. The highest BCUT2D eigenvalue weighted by atomic mass is 79.9. The third-order valence-corrected chi connectivity index (χ3v) is 5.93. The Kier molecular flexibility index (Phi) is 5.33. The lowest BCUT2D eigenvalue weighted by Crippen LogP contribution is -2.30. The van der Waals surface area contributed by atoms with E-state index in [0.717, 1.165) is 4.47 Å². The summed E-state index contributed by atoms with van der Waals surface area (Å²) in [6, 6.07) is 15.6. The molecule has 0 fully saturated rings. The molecule has 0 saturated heterocycles. The number of rotatable bonds is 5. The Hall–Kier alpha value is -4.11. The number of carbonyl (C=O) groups excluding carboxylic acids is 3. The zero-order valence-corrected chi connectivity index (χ0v) is 19.3. The molecule has 2 amide bonds. The van der Waals surface area contributed by atoms with Crippen molar-refractivity contribution in [2.75, 3.05) is 10.2 Å². The number of benzene rings is 2. The first kappa shape index (κ1) is 21.7. The maximum absolute atomic E-state index is 13.5. The predicted molar refractivity (Wildman–Crippen MR) is 128 cm³/mol. The van der Waals surface area contributed by atoms with Crippen LogP contribution >= 0.6 is 15.9 Å². The lowest BCUT2D eigenvalue weighted by atomic mass is 9.99. The molecule has 8 nitrogen and oxygen atoms in total. The summed E-state index contributed by atoms with van der Waals surface area (Å²) in [5, 5.41) is 14.2. The molecule has 1 unspecified atom stereocenters. The summed E-state index contributed by atoms with van der Waals surface area (Å²) in [7, 11) is 0. The van der Waals surface area contributed by atoms with Crippen molar-refractivity contribution >= 4 is 55.9 Å². The lowest BCUT2D eigenvalue weighted by Gasteiger charge is -2.25. The third kappa shape index (κ3) is 3.69. The number of nitrogens with zero attached hydrogens (tertiary/aromatic N) is 1. The summed E-state index contributed by atoms with van der Waals surface area (Å²) in [5.41, 5.74) is 1.29. The first-order chi connectivity index (χ1) is 16.3. The average Bonchev–Trinajstić information content (AvgIpc) is 3.52. The largest absolute Gasteiger partial charge is 0.503 e. The predicted octanol–water partition coefficient (Wildman–Crippen LogP) is 5.53. The molecule has 0 spiro atoms. The number of halogens is 1. The van der Waals surface area contributed by atoms with Crippen molar-refractivity contribution in [2.24, 2.45) is 0 Å². The molecule has 0 radical (unpaired) electrons. The first-order valence-electron chi connectivity index (χ1n) is 10.2. The Balaban J connectivity index is 1.58. The molecule has 9 heteroatoms. The van der Waals surface area contributed by atoms with Gasteiger partial charge < -0.3 is 19.3 Å². The average molecular weight is 521 g/mol. The molecular formula is C25H17BrN2O6. The second-order valence-electron chi connectivity index (χ2n) is 7.71. The summed E-state index contributed by atoms with van der Waals surface area (Å²) in [5.74, 6) is -2.01. The molecular weight excluding hydrogens is 504 g/mol. The molecule has 2 aromatic carbocycles. The molecule has 34 heavy (non-hydrogen) atoms. The van der Waals surface area contributed by atoms with E-state index in [1.165, 1.54) is 18.1 Å². The zero-order chi connectivity index (χ0) is 24.0. The molecule has 3 heterocycles. The number of carbonyl (C=O) groups is 3. The van der Waals surface area contributed by atoms with Crippen molar-refractivity contribution in [3.05, 3.63) is 94.3 Å². The van der Waals surface area contributed by atoms with Crippen LogP contribution in [0, 0.1) is 0 Å². The van der Waals surface area contributed by atoms with Crippen LogP contribution < -0.4 is 10.2 Å². The third-order valence-electron chi connectivity index (χ3n) is 5.43. The van der Waals surface area contributed by atoms with Crippen LogP contribution in [0.1, 0.15) is 29.3 Å². The minimum absolute atomic E-state index is 0.0122. The zero-order valence-electron chi connectivity index (χ0n) is 17.7. The van der Waals surface area contributed by atoms with Crippen LogP contribution in [0.2, 0.25) is 0 Å². The number of hydrogen-bond acceptors (Lipinski definition) is 6. The summed E-state index contributed by atoms with van der Waals surface area (Å²) in [4.78, 5) is 39.3. The molecule has 170 valence electrons. The van der Waals surface area contributed by atoms with Gasteiger partial charge in [0.25, 0.3) is 5.91 Å². The number of hydrogen-bond donors (Lipinski definition) is 2. The fourth-order valence-electron chi connectivity index (χ4n) is 3.99. The quantitative estimate of drug-likeness (QED) is 0.334. The molecule has 5 rings (SSSR count). The number of furan rings is 2. The standard InChI is InChI=1S/C25H17BrN2O6/c1-13(29)27-16-5-7-17(8-6-16)28-22(19-3-2-10-33-19)21(24(31)25(28)32)23(30)20-12-14-11-15(26)4-9-18(14)34-20/h2-12,22,31H,1H3,(H,27,29). The van der Waals surface area contributed by atoms with E-state index in [4.69, 9.17) is 8.83 Å². The summed E-state index contributed by atoms with van der Waals surface area (Å²) in [6.45, 7) is 1.39. The molecule has 4 aromatic rings.